The van der Waals surface area contributed by atoms with E-state index < -0.39 is 0 Å². The Morgan fingerprint density at radius 3 is 3.06 bits per heavy atom. The highest BCUT2D eigenvalue weighted by atomic mass is 35.5. The van der Waals surface area contributed by atoms with E-state index in [1.807, 2.05) is 29.3 Å². The molecule has 1 aromatic carbocycles. The number of aromatic nitrogens is 1. The van der Waals surface area contributed by atoms with E-state index in [1.54, 1.807) is 6.20 Å². The number of pyridine rings is 1. The van der Waals surface area contributed by atoms with E-state index in [0.717, 1.165) is 16.3 Å². The molecule has 0 saturated carbocycles. The van der Waals surface area contributed by atoms with Gasteiger partial charge in [-0.1, -0.05) is 18.2 Å². The molecular weight excluding hydrogens is 248 g/mol. The lowest BCUT2D eigenvalue weighted by molar-refractivity contribution is -0.128. The van der Waals surface area contributed by atoms with Crippen LogP contribution in [0.1, 0.15) is 12.0 Å². The van der Waals surface area contributed by atoms with Crippen LogP contribution in [0.15, 0.2) is 36.7 Å². The second-order valence-electron chi connectivity index (χ2n) is 4.59. The maximum atomic E-state index is 11.8. The number of amides is 1. The van der Waals surface area contributed by atoms with Crippen molar-refractivity contribution in [1.82, 2.24) is 9.88 Å². The molecule has 1 aromatic heterocycles. The second-order valence-corrected chi connectivity index (χ2v) is 5.21. The second kappa shape index (κ2) is 4.58. The van der Waals surface area contributed by atoms with Gasteiger partial charge in [0.2, 0.25) is 5.91 Å². The third kappa shape index (κ3) is 2.06. The van der Waals surface area contributed by atoms with E-state index >= 15 is 0 Å². The molecule has 2 heterocycles. The number of carbonyl (C=O) groups excluding carboxylic acids is 1. The van der Waals surface area contributed by atoms with E-state index in [2.05, 4.69) is 11.1 Å². The summed E-state index contributed by atoms with van der Waals surface area (Å²) in [5.41, 5.74) is 1.15. The van der Waals surface area contributed by atoms with Gasteiger partial charge in [-0.25, -0.2) is 0 Å². The molecule has 3 rings (SSSR count). The number of carbonyl (C=O) groups is 1. The lowest BCUT2D eigenvalue weighted by atomic mass is 10.1. The van der Waals surface area contributed by atoms with Crippen LogP contribution in [0.25, 0.3) is 10.8 Å². The van der Waals surface area contributed by atoms with E-state index in [-0.39, 0.29) is 11.3 Å². The van der Waals surface area contributed by atoms with Crippen LogP contribution in [0.2, 0.25) is 0 Å². The van der Waals surface area contributed by atoms with Crippen LogP contribution in [-0.4, -0.2) is 27.7 Å². The molecule has 0 bridgehead atoms. The number of nitrogens with zero attached hydrogens (tertiary/aromatic N) is 2. The van der Waals surface area contributed by atoms with Gasteiger partial charge in [-0.15, -0.1) is 11.6 Å². The van der Waals surface area contributed by atoms with Crippen LogP contribution in [0.5, 0.6) is 0 Å². The standard InChI is InChI=1S/C14H13ClN2O/c15-12-6-14(18)17(9-12)8-11-3-1-2-10-7-16-5-4-13(10)11/h1-5,7,12H,6,8-9H2. The number of hydrogen-bond acceptors (Lipinski definition) is 2. The molecule has 1 saturated heterocycles. The molecule has 92 valence electrons. The Bertz CT molecular complexity index is 594. The number of rotatable bonds is 2. The average molecular weight is 261 g/mol. The Morgan fingerprint density at radius 2 is 2.28 bits per heavy atom. The molecule has 0 spiro atoms. The molecule has 0 aliphatic carbocycles. The van der Waals surface area contributed by atoms with Crippen molar-refractivity contribution in [1.29, 1.82) is 0 Å². The van der Waals surface area contributed by atoms with Gasteiger partial charge < -0.3 is 4.90 Å². The Morgan fingerprint density at radius 1 is 1.39 bits per heavy atom. The summed E-state index contributed by atoms with van der Waals surface area (Å²) in [6.07, 6.45) is 4.07. The Balaban J connectivity index is 1.93. The summed E-state index contributed by atoms with van der Waals surface area (Å²) in [4.78, 5) is 17.7. The van der Waals surface area contributed by atoms with Crippen molar-refractivity contribution in [3.8, 4) is 0 Å². The van der Waals surface area contributed by atoms with Crippen LogP contribution in [0, 0.1) is 0 Å². The van der Waals surface area contributed by atoms with Gasteiger partial charge >= 0.3 is 0 Å². The van der Waals surface area contributed by atoms with Crippen LogP contribution in [0.3, 0.4) is 0 Å². The number of fused-ring (bicyclic) bond motifs is 1. The highest BCUT2D eigenvalue weighted by Crippen LogP contribution is 2.23. The van der Waals surface area contributed by atoms with E-state index in [9.17, 15) is 4.79 Å². The zero-order chi connectivity index (χ0) is 12.5. The monoisotopic (exact) mass is 260 g/mol. The van der Waals surface area contributed by atoms with Gasteiger partial charge in [0.25, 0.3) is 0 Å². The van der Waals surface area contributed by atoms with Crippen molar-refractivity contribution < 1.29 is 4.79 Å². The molecule has 1 aliphatic rings. The Kier molecular flexibility index (Phi) is 2.92. The minimum Gasteiger partial charge on any atom is -0.337 e. The summed E-state index contributed by atoms with van der Waals surface area (Å²) in [5.74, 6) is 0.140. The van der Waals surface area contributed by atoms with Crippen LogP contribution < -0.4 is 0 Å². The first-order valence-electron chi connectivity index (χ1n) is 5.97. The molecule has 0 radical (unpaired) electrons. The maximum absolute atomic E-state index is 11.8. The van der Waals surface area contributed by atoms with Crippen LogP contribution >= 0.6 is 11.6 Å². The largest absolute Gasteiger partial charge is 0.337 e. The molecule has 1 aliphatic heterocycles. The summed E-state index contributed by atoms with van der Waals surface area (Å²) >= 11 is 6.01. The van der Waals surface area contributed by atoms with Gasteiger partial charge in [-0.3, -0.25) is 9.78 Å². The highest BCUT2D eigenvalue weighted by molar-refractivity contribution is 6.22. The molecule has 18 heavy (non-hydrogen) atoms. The van der Waals surface area contributed by atoms with E-state index in [4.69, 9.17) is 11.6 Å². The van der Waals surface area contributed by atoms with Gasteiger partial charge in [-0.05, 0) is 17.0 Å². The van der Waals surface area contributed by atoms with Crippen molar-refractivity contribution in [2.24, 2.45) is 0 Å². The molecule has 1 fully saturated rings. The minimum atomic E-state index is -0.0471. The van der Waals surface area contributed by atoms with Crippen molar-refractivity contribution in [3.05, 3.63) is 42.2 Å². The fraction of sp³-hybridized carbons (Fsp3) is 0.286. The van der Waals surface area contributed by atoms with Crippen molar-refractivity contribution in [2.75, 3.05) is 6.54 Å². The smallest absolute Gasteiger partial charge is 0.224 e. The predicted octanol–water partition coefficient (Wildman–Crippen LogP) is 2.57. The lowest BCUT2D eigenvalue weighted by Crippen LogP contribution is -2.24. The van der Waals surface area contributed by atoms with Gasteiger partial charge in [-0.2, -0.15) is 0 Å². The molecular formula is C14H13ClN2O. The summed E-state index contributed by atoms with van der Waals surface area (Å²) in [6, 6.07) is 8.07. The minimum absolute atomic E-state index is 0.0471. The summed E-state index contributed by atoms with van der Waals surface area (Å²) in [5, 5.41) is 2.21. The summed E-state index contributed by atoms with van der Waals surface area (Å²) < 4.78 is 0. The topological polar surface area (TPSA) is 33.2 Å². The molecule has 3 nitrogen and oxygen atoms in total. The number of likely N-dealkylation sites (tertiary alicyclic amines) is 1. The molecule has 0 N–H and O–H groups in total. The average Bonchev–Trinajstić information content (AvgIpc) is 2.68. The summed E-state index contributed by atoms with van der Waals surface area (Å²) in [6.45, 7) is 1.27. The molecule has 1 unspecified atom stereocenters. The third-order valence-corrected chi connectivity index (χ3v) is 3.59. The Hall–Kier alpha value is -1.61. The quantitative estimate of drug-likeness (QED) is 0.778. The van der Waals surface area contributed by atoms with Crippen molar-refractivity contribution in [3.63, 3.8) is 0 Å². The maximum Gasteiger partial charge on any atom is 0.224 e. The molecule has 2 aromatic rings. The molecule has 1 atom stereocenters. The highest BCUT2D eigenvalue weighted by Gasteiger charge is 2.28. The van der Waals surface area contributed by atoms with Gasteiger partial charge in [0.15, 0.2) is 0 Å². The zero-order valence-corrected chi connectivity index (χ0v) is 10.6. The van der Waals surface area contributed by atoms with E-state index in [1.165, 1.54) is 0 Å². The van der Waals surface area contributed by atoms with Crippen molar-refractivity contribution >= 4 is 28.3 Å². The number of halogens is 1. The summed E-state index contributed by atoms with van der Waals surface area (Å²) in [7, 11) is 0. The fourth-order valence-electron chi connectivity index (χ4n) is 2.41. The fourth-order valence-corrected chi connectivity index (χ4v) is 2.71. The van der Waals surface area contributed by atoms with Crippen LogP contribution in [0.4, 0.5) is 0 Å². The SMILES string of the molecule is O=C1CC(Cl)CN1Cc1cccc2cnccc12. The van der Waals surface area contributed by atoms with Gasteiger partial charge in [0.05, 0.1) is 5.38 Å². The third-order valence-electron chi connectivity index (χ3n) is 3.30. The first kappa shape index (κ1) is 11.5. The Labute approximate surface area is 110 Å². The van der Waals surface area contributed by atoms with Gasteiger partial charge in [0.1, 0.15) is 0 Å². The van der Waals surface area contributed by atoms with Crippen LogP contribution in [-0.2, 0) is 11.3 Å². The number of benzene rings is 1. The first-order chi connectivity index (χ1) is 8.74. The number of alkyl halides is 1. The predicted molar refractivity (Wildman–Crippen MR) is 71.4 cm³/mol. The molecule has 4 heteroatoms. The van der Waals surface area contributed by atoms with Gasteiger partial charge in [0, 0.05) is 37.3 Å². The normalized spacial score (nSPS) is 19.7. The first-order valence-corrected chi connectivity index (χ1v) is 6.41. The van der Waals surface area contributed by atoms with Crippen molar-refractivity contribution in [2.45, 2.75) is 18.3 Å². The molecule has 1 amide bonds. The van der Waals surface area contributed by atoms with E-state index in [0.29, 0.717) is 19.5 Å². The lowest BCUT2D eigenvalue weighted by Gasteiger charge is -2.17. The number of hydrogen-bond donors (Lipinski definition) is 0. The zero-order valence-electron chi connectivity index (χ0n) is 9.84.